The Morgan fingerprint density at radius 2 is 1.80 bits per heavy atom. The summed E-state index contributed by atoms with van der Waals surface area (Å²) in [6.45, 7) is 4.83. The molecule has 12 heteroatoms. The molecular weight excluding hydrogens is 617 g/mol. The maximum absolute atomic E-state index is 13.3. The number of amides is 1. The van der Waals surface area contributed by atoms with Crippen molar-refractivity contribution < 1.29 is 45.5 Å². The molecule has 2 saturated carbocycles. The molecule has 0 bridgehead atoms. The molecule has 3 unspecified atom stereocenters. The van der Waals surface area contributed by atoms with Gasteiger partial charge >= 0.3 is 18.2 Å². The van der Waals surface area contributed by atoms with Gasteiger partial charge in [0.05, 0.1) is 19.3 Å². The number of halogens is 5. The maximum Gasteiger partial charge on any atom is 0.453 e. The third-order valence-electron chi connectivity index (χ3n) is 11.8. The van der Waals surface area contributed by atoms with E-state index in [4.69, 9.17) is 9.47 Å². The number of aliphatic hydroxyl groups is 1. The monoisotopic (exact) mass is 661 g/mol. The number of hydrogen-bond acceptors (Lipinski definition) is 5. The predicted molar refractivity (Wildman–Crippen MR) is 159 cm³/mol. The summed E-state index contributed by atoms with van der Waals surface area (Å²) in [4.78, 5) is 14.8. The molecule has 0 radical (unpaired) electrons. The minimum absolute atomic E-state index is 0.155. The number of alkyl halides is 5. The summed E-state index contributed by atoms with van der Waals surface area (Å²) in [5.74, 6) is -2.27. The average molecular weight is 662 g/mol. The van der Waals surface area contributed by atoms with E-state index in [0.29, 0.717) is 68.1 Å². The third kappa shape index (κ3) is 6.53. The summed E-state index contributed by atoms with van der Waals surface area (Å²) in [6.07, 6.45) is -2.43. The highest BCUT2D eigenvalue weighted by molar-refractivity contribution is 7.84. The van der Waals surface area contributed by atoms with Gasteiger partial charge in [-0.25, -0.2) is 4.79 Å². The van der Waals surface area contributed by atoms with Crippen molar-refractivity contribution in [3.05, 3.63) is 29.3 Å². The van der Waals surface area contributed by atoms with Crippen molar-refractivity contribution in [3.8, 4) is 5.75 Å². The zero-order valence-electron chi connectivity index (χ0n) is 25.7. The van der Waals surface area contributed by atoms with Gasteiger partial charge in [-0.1, -0.05) is 13.0 Å². The molecule has 2 saturated heterocycles. The molecular formula is C33H44F5NO5S. The molecule has 0 spiro atoms. The normalized spacial score (nSPS) is 35.0. The zero-order chi connectivity index (χ0) is 32.1. The van der Waals surface area contributed by atoms with Crippen LogP contribution in [0.2, 0.25) is 0 Å². The smallest absolute Gasteiger partial charge is 0.410 e. The predicted octanol–water partition coefficient (Wildman–Crippen LogP) is 6.71. The van der Waals surface area contributed by atoms with E-state index in [1.165, 1.54) is 5.56 Å². The van der Waals surface area contributed by atoms with E-state index in [-0.39, 0.29) is 35.0 Å². The van der Waals surface area contributed by atoms with Crippen molar-refractivity contribution in [1.82, 2.24) is 4.90 Å². The maximum atomic E-state index is 13.3. The molecule has 1 amide bonds. The SMILES string of the molecule is C[C@]12CC[C@@H]3c4ccc(OC(=O)N5CC6COCC6C5)cc4C[C@@H](CCCS(=O)CCCC(F)(F)C(F)(F)F)[C@H]3[C@@H]1CC[C@@H]2O. The Balaban J connectivity index is 1.12. The Bertz CT molecular complexity index is 1270. The minimum atomic E-state index is -5.59. The van der Waals surface area contributed by atoms with Crippen molar-refractivity contribution in [3.63, 3.8) is 0 Å². The van der Waals surface area contributed by atoms with Gasteiger partial charge in [0.25, 0.3) is 0 Å². The van der Waals surface area contributed by atoms with Crippen LogP contribution in [0.4, 0.5) is 26.7 Å². The zero-order valence-corrected chi connectivity index (χ0v) is 26.5. The van der Waals surface area contributed by atoms with Crippen LogP contribution in [0.3, 0.4) is 0 Å². The van der Waals surface area contributed by atoms with Crippen molar-refractivity contribution in [1.29, 1.82) is 0 Å². The summed E-state index contributed by atoms with van der Waals surface area (Å²) in [5.41, 5.74) is 2.25. The van der Waals surface area contributed by atoms with E-state index >= 15 is 0 Å². The second kappa shape index (κ2) is 12.7. The molecule has 2 aliphatic heterocycles. The number of fused-ring (bicyclic) bond motifs is 6. The lowest BCUT2D eigenvalue weighted by Gasteiger charge is -2.53. The van der Waals surface area contributed by atoms with Gasteiger partial charge in [-0.15, -0.1) is 0 Å². The number of benzene rings is 1. The lowest BCUT2D eigenvalue weighted by Crippen LogP contribution is -2.47. The van der Waals surface area contributed by atoms with Crippen LogP contribution < -0.4 is 4.74 Å². The number of carbonyl (C=O) groups excluding carboxylic acids is 1. The van der Waals surface area contributed by atoms with E-state index in [1.807, 2.05) is 12.1 Å². The highest BCUT2D eigenvalue weighted by Gasteiger charge is 2.57. The molecule has 4 fully saturated rings. The van der Waals surface area contributed by atoms with Crippen LogP contribution in [0.15, 0.2) is 18.2 Å². The molecule has 6 nitrogen and oxygen atoms in total. The Morgan fingerprint density at radius 1 is 1.09 bits per heavy atom. The van der Waals surface area contributed by atoms with E-state index < -0.39 is 35.7 Å². The molecule has 1 aromatic rings. The first-order valence-electron chi connectivity index (χ1n) is 16.4. The first kappa shape index (κ1) is 33.1. The Labute approximate surface area is 263 Å². The minimum Gasteiger partial charge on any atom is -0.410 e. The number of likely N-dealkylation sites (tertiary alicyclic amines) is 1. The average Bonchev–Trinajstić information content (AvgIpc) is 3.66. The van der Waals surface area contributed by atoms with Gasteiger partial charge < -0.3 is 19.5 Å². The van der Waals surface area contributed by atoms with E-state index in [2.05, 4.69) is 13.0 Å². The van der Waals surface area contributed by atoms with Gasteiger partial charge in [-0.2, -0.15) is 22.0 Å². The molecule has 3 aliphatic carbocycles. The van der Waals surface area contributed by atoms with E-state index in [9.17, 15) is 36.1 Å². The quantitative estimate of drug-likeness (QED) is 0.298. The Kier molecular flexibility index (Phi) is 9.33. The van der Waals surface area contributed by atoms with Crippen LogP contribution >= 0.6 is 0 Å². The molecule has 1 N–H and O–H groups in total. The summed E-state index contributed by atoms with van der Waals surface area (Å²) < 4.78 is 87.9. The van der Waals surface area contributed by atoms with Crippen LogP contribution in [0.1, 0.15) is 75.3 Å². The summed E-state index contributed by atoms with van der Waals surface area (Å²) >= 11 is 0. The first-order valence-corrected chi connectivity index (χ1v) is 17.9. The van der Waals surface area contributed by atoms with Crippen molar-refractivity contribution >= 4 is 16.9 Å². The molecule has 1 aromatic carbocycles. The molecule has 5 aliphatic rings. The van der Waals surface area contributed by atoms with Gasteiger partial charge in [-0.3, -0.25) is 4.21 Å². The largest absolute Gasteiger partial charge is 0.453 e. The topological polar surface area (TPSA) is 76.1 Å². The van der Waals surface area contributed by atoms with Gasteiger partial charge in [0.15, 0.2) is 0 Å². The van der Waals surface area contributed by atoms with Crippen LogP contribution in [-0.4, -0.2) is 76.3 Å². The molecule has 45 heavy (non-hydrogen) atoms. The first-order chi connectivity index (χ1) is 21.3. The fraction of sp³-hybridized carbons (Fsp3) is 0.788. The number of hydrogen-bond donors (Lipinski definition) is 1. The summed E-state index contributed by atoms with van der Waals surface area (Å²) in [6, 6.07) is 5.96. The Morgan fingerprint density at radius 3 is 2.51 bits per heavy atom. The second-order valence-electron chi connectivity index (χ2n) is 14.4. The molecule has 0 aromatic heterocycles. The summed E-state index contributed by atoms with van der Waals surface area (Å²) in [5, 5.41) is 10.9. The molecule has 6 rings (SSSR count). The molecule has 252 valence electrons. The Hall–Kier alpha value is -1.79. The number of aliphatic hydroxyl groups excluding tert-OH is 1. The van der Waals surface area contributed by atoms with Crippen LogP contribution in [0.25, 0.3) is 0 Å². The highest BCUT2D eigenvalue weighted by atomic mass is 32.2. The van der Waals surface area contributed by atoms with Gasteiger partial charge in [0, 0.05) is 53.7 Å². The fourth-order valence-corrected chi connectivity index (χ4v) is 10.5. The number of rotatable bonds is 9. The number of nitrogens with zero attached hydrogens (tertiary/aromatic N) is 1. The second-order valence-corrected chi connectivity index (χ2v) is 16.1. The van der Waals surface area contributed by atoms with E-state index in [1.54, 1.807) is 4.90 Å². The molecule has 2 heterocycles. The van der Waals surface area contributed by atoms with E-state index in [0.717, 1.165) is 44.1 Å². The third-order valence-corrected chi connectivity index (χ3v) is 13.2. The van der Waals surface area contributed by atoms with Crippen molar-refractivity contribution in [2.75, 3.05) is 37.8 Å². The standard InChI is InChI=1S/C33H44F5NO5S/c1-31-11-9-26-25-6-5-24(44-30(41)39-16-22-18-43-19-23(22)17-39)15-21(25)14-20(29(26)27(31)7-8-28(31)40)4-2-12-45(42)13-3-10-32(34,35)33(36,37)38/h5-6,15,20,22-23,26-29,40H,2-4,7-14,16-19H2,1H3/t20-,22?,23?,26-,27+,28+,29-,31+,45?/m1/s1. The van der Waals surface area contributed by atoms with Gasteiger partial charge in [0.2, 0.25) is 0 Å². The van der Waals surface area contributed by atoms with Crippen LogP contribution in [0.5, 0.6) is 5.75 Å². The summed E-state index contributed by atoms with van der Waals surface area (Å²) in [7, 11) is -1.48. The molecule has 9 atom stereocenters. The van der Waals surface area contributed by atoms with Crippen LogP contribution in [-0.2, 0) is 22.0 Å². The van der Waals surface area contributed by atoms with Crippen molar-refractivity contribution in [2.45, 2.75) is 88.8 Å². The van der Waals surface area contributed by atoms with Gasteiger partial charge in [-0.05, 0) is 104 Å². The highest BCUT2D eigenvalue weighted by Crippen LogP contribution is 2.62. The lowest BCUT2D eigenvalue weighted by molar-refractivity contribution is -0.284. The number of carbonyl (C=O) groups is 1. The fourth-order valence-electron chi connectivity index (χ4n) is 9.29. The number of ether oxygens (including phenoxy) is 2. The van der Waals surface area contributed by atoms with Crippen molar-refractivity contribution in [2.24, 2.45) is 35.0 Å². The van der Waals surface area contributed by atoms with Crippen LogP contribution in [0, 0.1) is 35.0 Å². The van der Waals surface area contributed by atoms with Gasteiger partial charge in [0.1, 0.15) is 5.75 Å². The lowest BCUT2D eigenvalue weighted by atomic mass is 9.52.